The summed E-state index contributed by atoms with van der Waals surface area (Å²) in [4.78, 5) is 0. The number of hydrogen-bond donors (Lipinski definition) is 2. The fourth-order valence-corrected chi connectivity index (χ4v) is 1.95. The van der Waals surface area contributed by atoms with Crippen molar-refractivity contribution in [1.29, 1.82) is 0 Å². The Balaban J connectivity index is 2.63. The van der Waals surface area contributed by atoms with E-state index in [1.54, 1.807) is 7.11 Å². The van der Waals surface area contributed by atoms with E-state index < -0.39 is 0 Å². The van der Waals surface area contributed by atoms with Crippen molar-refractivity contribution in [1.82, 2.24) is 0 Å². The third-order valence-electron chi connectivity index (χ3n) is 2.88. The SMILES string of the molecule is CCc1ccccc1NC(CCCN)COC. The highest BCUT2D eigenvalue weighted by Crippen LogP contribution is 2.17. The first-order valence-electron chi connectivity index (χ1n) is 6.35. The predicted molar refractivity (Wildman–Crippen MR) is 73.4 cm³/mol. The van der Waals surface area contributed by atoms with Gasteiger partial charge in [-0.15, -0.1) is 0 Å². The maximum Gasteiger partial charge on any atom is 0.0664 e. The van der Waals surface area contributed by atoms with Crippen molar-refractivity contribution in [3.05, 3.63) is 29.8 Å². The summed E-state index contributed by atoms with van der Waals surface area (Å²) in [6, 6.07) is 8.78. The summed E-state index contributed by atoms with van der Waals surface area (Å²) in [6.45, 7) is 3.63. The van der Waals surface area contributed by atoms with Crippen LogP contribution in [-0.2, 0) is 11.2 Å². The molecule has 0 aliphatic carbocycles. The fraction of sp³-hybridized carbons (Fsp3) is 0.571. The third-order valence-corrected chi connectivity index (χ3v) is 2.88. The molecule has 3 nitrogen and oxygen atoms in total. The lowest BCUT2D eigenvalue weighted by Gasteiger charge is -2.20. The van der Waals surface area contributed by atoms with Crippen molar-refractivity contribution in [2.24, 2.45) is 5.73 Å². The van der Waals surface area contributed by atoms with E-state index in [9.17, 15) is 0 Å². The van der Waals surface area contributed by atoms with E-state index in [4.69, 9.17) is 10.5 Å². The molecule has 1 rings (SSSR count). The molecule has 1 aromatic carbocycles. The van der Waals surface area contributed by atoms with E-state index in [-0.39, 0.29) is 0 Å². The zero-order valence-corrected chi connectivity index (χ0v) is 10.9. The molecule has 3 N–H and O–H groups in total. The lowest BCUT2D eigenvalue weighted by atomic mass is 10.1. The van der Waals surface area contributed by atoms with E-state index >= 15 is 0 Å². The second-order valence-electron chi connectivity index (χ2n) is 4.24. The zero-order chi connectivity index (χ0) is 12.5. The topological polar surface area (TPSA) is 47.3 Å². The maximum atomic E-state index is 5.55. The number of hydrogen-bond acceptors (Lipinski definition) is 3. The Morgan fingerprint density at radius 1 is 1.35 bits per heavy atom. The van der Waals surface area contributed by atoms with E-state index in [0.29, 0.717) is 6.04 Å². The summed E-state index contributed by atoms with van der Waals surface area (Å²) in [6.07, 6.45) is 3.11. The van der Waals surface area contributed by atoms with Gasteiger partial charge in [0, 0.05) is 18.8 Å². The molecule has 0 bridgehead atoms. The molecule has 3 heteroatoms. The van der Waals surface area contributed by atoms with Crippen molar-refractivity contribution in [2.45, 2.75) is 32.2 Å². The lowest BCUT2D eigenvalue weighted by molar-refractivity contribution is 0.182. The maximum absolute atomic E-state index is 5.55. The van der Waals surface area contributed by atoms with Crippen LogP contribution in [-0.4, -0.2) is 26.3 Å². The Hall–Kier alpha value is -1.06. The second-order valence-corrected chi connectivity index (χ2v) is 4.24. The average molecular weight is 236 g/mol. The quantitative estimate of drug-likeness (QED) is 0.728. The van der Waals surface area contributed by atoms with E-state index in [0.717, 1.165) is 32.4 Å². The Bertz CT molecular complexity index is 315. The summed E-state index contributed by atoms with van der Waals surface area (Å²) in [7, 11) is 1.74. The molecule has 1 aromatic rings. The largest absolute Gasteiger partial charge is 0.383 e. The smallest absolute Gasteiger partial charge is 0.0664 e. The van der Waals surface area contributed by atoms with Gasteiger partial charge in [-0.25, -0.2) is 0 Å². The molecular formula is C14H24N2O. The van der Waals surface area contributed by atoms with E-state index in [2.05, 4.69) is 36.5 Å². The minimum absolute atomic E-state index is 0.344. The zero-order valence-electron chi connectivity index (χ0n) is 10.9. The lowest BCUT2D eigenvalue weighted by Crippen LogP contribution is -2.26. The molecule has 0 aliphatic rings. The van der Waals surface area contributed by atoms with Gasteiger partial charge in [-0.1, -0.05) is 25.1 Å². The minimum Gasteiger partial charge on any atom is -0.383 e. The first-order valence-corrected chi connectivity index (χ1v) is 6.35. The van der Waals surface area contributed by atoms with Crippen LogP contribution < -0.4 is 11.1 Å². The van der Waals surface area contributed by atoms with Gasteiger partial charge in [0.1, 0.15) is 0 Å². The van der Waals surface area contributed by atoms with Gasteiger partial charge >= 0.3 is 0 Å². The number of nitrogens with two attached hydrogens (primary N) is 1. The van der Waals surface area contributed by atoms with Gasteiger partial charge in [0.25, 0.3) is 0 Å². The van der Waals surface area contributed by atoms with Gasteiger partial charge in [-0.05, 0) is 37.4 Å². The standard InChI is InChI=1S/C14H24N2O/c1-3-12-7-4-5-9-14(12)16-13(11-17-2)8-6-10-15/h4-5,7,9,13,16H,3,6,8,10-11,15H2,1-2H3. The number of aryl methyl sites for hydroxylation is 1. The molecule has 0 radical (unpaired) electrons. The molecule has 0 saturated heterocycles. The molecule has 0 spiro atoms. The van der Waals surface area contributed by atoms with Crippen molar-refractivity contribution in [2.75, 3.05) is 25.6 Å². The minimum atomic E-state index is 0.344. The molecular weight excluding hydrogens is 212 g/mol. The van der Waals surface area contributed by atoms with Gasteiger partial charge in [0.15, 0.2) is 0 Å². The Labute approximate surface area is 104 Å². The second kappa shape index (κ2) is 8.09. The number of methoxy groups -OCH3 is 1. The average Bonchev–Trinajstić information content (AvgIpc) is 2.37. The number of nitrogens with one attached hydrogen (secondary N) is 1. The highest BCUT2D eigenvalue weighted by molar-refractivity contribution is 5.51. The van der Waals surface area contributed by atoms with Crippen LogP contribution in [0.4, 0.5) is 5.69 Å². The Kier molecular flexibility index (Phi) is 6.67. The summed E-state index contributed by atoms with van der Waals surface area (Å²) in [5.41, 5.74) is 8.12. The molecule has 0 aromatic heterocycles. The van der Waals surface area contributed by atoms with E-state index in [1.807, 2.05) is 0 Å². The van der Waals surface area contributed by atoms with Crippen molar-refractivity contribution in [3.63, 3.8) is 0 Å². The molecule has 96 valence electrons. The predicted octanol–water partition coefficient (Wildman–Crippen LogP) is 2.41. The van der Waals surface area contributed by atoms with Gasteiger partial charge in [0.2, 0.25) is 0 Å². The summed E-state index contributed by atoms with van der Waals surface area (Å²) < 4.78 is 5.24. The molecule has 1 atom stereocenters. The van der Waals surface area contributed by atoms with Gasteiger partial charge in [0.05, 0.1) is 6.61 Å². The number of para-hydroxylation sites is 1. The first kappa shape index (κ1) is 14.0. The highest BCUT2D eigenvalue weighted by atomic mass is 16.5. The monoisotopic (exact) mass is 236 g/mol. The molecule has 17 heavy (non-hydrogen) atoms. The first-order chi connectivity index (χ1) is 8.31. The van der Waals surface area contributed by atoms with Crippen LogP contribution in [0, 0.1) is 0 Å². The normalized spacial score (nSPS) is 12.4. The van der Waals surface area contributed by atoms with Crippen LogP contribution in [0.3, 0.4) is 0 Å². The third kappa shape index (κ3) is 4.75. The number of benzene rings is 1. The molecule has 0 heterocycles. The number of rotatable bonds is 8. The van der Waals surface area contributed by atoms with Crippen LogP contribution in [0.15, 0.2) is 24.3 Å². The molecule has 0 fully saturated rings. The van der Waals surface area contributed by atoms with Crippen molar-refractivity contribution >= 4 is 5.69 Å². The Morgan fingerprint density at radius 3 is 2.76 bits per heavy atom. The molecule has 0 amide bonds. The molecule has 0 aliphatic heterocycles. The van der Waals surface area contributed by atoms with Crippen LogP contribution in [0.1, 0.15) is 25.3 Å². The summed E-state index contributed by atoms with van der Waals surface area (Å²) in [5.74, 6) is 0. The Morgan fingerprint density at radius 2 is 2.12 bits per heavy atom. The summed E-state index contributed by atoms with van der Waals surface area (Å²) in [5, 5.41) is 3.55. The molecule has 1 unspecified atom stereocenters. The van der Waals surface area contributed by atoms with E-state index in [1.165, 1.54) is 11.3 Å². The number of anilines is 1. The van der Waals surface area contributed by atoms with Gasteiger partial charge in [-0.2, -0.15) is 0 Å². The van der Waals surface area contributed by atoms with Crippen LogP contribution in [0.25, 0.3) is 0 Å². The molecule has 0 saturated carbocycles. The fourth-order valence-electron chi connectivity index (χ4n) is 1.95. The summed E-state index contributed by atoms with van der Waals surface area (Å²) >= 11 is 0. The number of ether oxygens (including phenoxy) is 1. The van der Waals surface area contributed by atoms with Crippen molar-refractivity contribution < 1.29 is 4.74 Å². The van der Waals surface area contributed by atoms with Gasteiger partial charge < -0.3 is 15.8 Å². The van der Waals surface area contributed by atoms with Gasteiger partial charge in [-0.3, -0.25) is 0 Å². The van der Waals surface area contributed by atoms with Crippen LogP contribution >= 0.6 is 0 Å². The van der Waals surface area contributed by atoms with Crippen LogP contribution in [0.5, 0.6) is 0 Å². The highest BCUT2D eigenvalue weighted by Gasteiger charge is 2.09. The van der Waals surface area contributed by atoms with Crippen LogP contribution in [0.2, 0.25) is 0 Å². The van der Waals surface area contributed by atoms with Crippen molar-refractivity contribution in [3.8, 4) is 0 Å².